The molecule has 1 N–H and O–H groups in total. The summed E-state index contributed by atoms with van der Waals surface area (Å²) in [7, 11) is 1.88. The van der Waals surface area contributed by atoms with Gasteiger partial charge >= 0.3 is 0 Å². The zero-order valence-corrected chi connectivity index (χ0v) is 12.0. The molecule has 0 unspecified atom stereocenters. The molecule has 1 saturated carbocycles. The van der Waals surface area contributed by atoms with Crippen molar-refractivity contribution in [3.8, 4) is 11.5 Å². The summed E-state index contributed by atoms with van der Waals surface area (Å²) in [6.07, 6.45) is 5.67. The van der Waals surface area contributed by atoms with Gasteiger partial charge < -0.3 is 5.32 Å². The van der Waals surface area contributed by atoms with Crippen LogP contribution in [-0.4, -0.2) is 27.0 Å². The minimum atomic E-state index is 0.590. The summed E-state index contributed by atoms with van der Waals surface area (Å²) in [5.41, 5.74) is 1.91. The number of nitrogens with zero attached hydrogens (tertiary/aromatic N) is 4. The topological polar surface area (TPSA) is 63.6 Å². The first kappa shape index (κ1) is 11.8. The molecular formula is C12H12IN5. The lowest BCUT2D eigenvalue weighted by Gasteiger charge is -2.10. The second-order valence-corrected chi connectivity index (χ2v) is 5.29. The quantitative estimate of drug-likeness (QED) is 0.859. The van der Waals surface area contributed by atoms with Gasteiger partial charge in [-0.2, -0.15) is 0 Å². The standard InChI is InChI=1S/C12H12IN5/c1-14-12-9(13)10(7-2-3-7)17-11(18-12)8-4-5-15-6-16-8/h4-7H,2-3H2,1H3,(H,14,17,18). The second-order valence-electron chi connectivity index (χ2n) is 4.21. The smallest absolute Gasteiger partial charge is 0.180 e. The predicted molar refractivity (Wildman–Crippen MR) is 77.3 cm³/mol. The zero-order valence-electron chi connectivity index (χ0n) is 9.89. The molecule has 0 radical (unpaired) electrons. The molecule has 18 heavy (non-hydrogen) atoms. The zero-order chi connectivity index (χ0) is 12.5. The van der Waals surface area contributed by atoms with Crippen LogP contribution in [0.3, 0.4) is 0 Å². The Kier molecular flexibility index (Phi) is 3.11. The Morgan fingerprint density at radius 3 is 2.78 bits per heavy atom. The highest BCUT2D eigenvalue weighted by Crippen LogP contribution is 2.42. The summed E-state index contributed by atoms with van der Waals surface area (Å²) >= 11 is 2.31. The van der Waals surface area contributed by atoms with Crippen molar-refractivity contribution in [2.75, 3.05) is 12.4 Å². The van der Waals surface area contributed by atoms with E-state index in [1.807, 2.05) is 13.1 Å². The van der Waals surface area contributed by atoms with E-state index in [0.29, 0.717) is 11.7 Å². The van der Waals surface area contributed by atoms with Crippen molar-refractivity contribution in [3.05, 3.63) is 27.9 Å². The Labute approximate surface area is 119 Å². The number of hydrogen-bond acceptors (Lipinski definition) is 5. The fraction of sp³-hybridized carbons (Fsp3) is 0.333. The SMILES string of the molecule is CNc1nc(-c2ccncn2)nc(C2CC2)c1I. The first-order valence-corrected chi connectivity index (χ1v) is 6.89. The number of halogens is 1. The van der Waals surface area contributed by atoms with Crippen LogP contribution in [0.5, 0.6) is 0 Å². The third kappa shape index (κ3) is 2.16. The molecule has 0 atom stereocenters. The maximum absolute atomic E-state index is 4.66. The number of aromatic nitrogens is 4. The van der Waals surface area contributed by atoms with Crippen LogP contribution in [-0.2, 0) is 0 Å². The van der Waals surface area contributed by atoms with E-state index in [0.717, 1.165) is 20.8 Å². The van der Waals surface area contributed by atoms with Gasteiger partial charge in [0.15, 0.2) is 5.82 Å². The molecule has 0 amide bonds. The summed E-state index contributed by atoms with van der Waals surface area (Å²) in [4.78, 5) is 17.3. The first-order valence-electron chi connectivity index (χ1n) is 5.81. The first-order chi connectivity index (χ1) is 8.79. The van der Waals surface area contributed by atoms with Crippen LogP contribution in [0.1, 0.15) is 24.5 Å². The monoisotopic (exact) mass is 353 g/mol. The summed E-state index contributed by atoms with van der Waals surface area (Å²) in [6, 6.07) is 1.83. The lowest BCUT2D eigenvalue weighted by atomic mass is 10.2. The highest BCUT2D eigenvalue weighted by Gasteiger charge is 2.29. The van der Waals surface area contributed by atoms with Gasteiger partial charge in [0.05, 0.1) is 9.26 Å². The molecule has 2 aromatic heterocycles. The summed E-state index contributed by atoms with van der Waals surface area (Å²) in [6.45, 7) is 0. The molecule has 2 aromatic rings. The van der Waals surface area contributed by atoms with Crippen LogP contribution in [0.4, 0.5) is 5.82 Å². The van der Waals surface area contributed by atoms with Crippen LogP contribution in [0.25, 0.3) is 11.5 Å². The fourth-order valence-corrected chi connectivity index (χ4v) is 2.75. The molecule has 0 spiro atoms. The average Bonchev–Trinajstić information content (AvgIpc) is 3.24. The van der Waals surface area contributed by atoms with E-state index < -0.39 is 0 Å². The molecule has 6 heteroatoms. The van der Waals surface area contributed by atoms with Crippen molar-refractivity contribution in [1.29, 1.82) is 0 Å². The maximum Gasteiger partial charge on any atom is 0.180 e. The Balaban J connectivity index is 2.13. The molecule has 3 rings (SSSR count). The summed E-state index contributed by atoms with van der Waals surface area (Å²) in [5.74, 6) is 2.14. The van der Waals surface area contributed by atoms with Crippen molar-refractivity contribution < 1.29 is 0 Å². The molecule has 1 fully saturated rings. The minimum absolute atomic E-state index is 0.590. The Bertz CT molecular complexity index is 568. The van der Waals surface area contributed by atoms with Crippen LogP contribution in [0, 0.1) is 3.57 Å². The fourth-order valence-electron chi connectivity index (χ4n) is 1.79. The Hall–Kier alpha value is -1.31. The minimum Gasteiger partial charge on any atom is -0.372 e. The predicted octanol–water partition coefficient (Wildman–Crippen LogP) is 2.46. The Morgan fingerprint density at radius 1 is 1.33 bits per heavy atom. The van der Waals surface area contributed by atoms with Crippen LogP contribution in [0.2, 0.25) is 0 Å². The number of rotatable bonds is 3. The van der Waals surface area contributed by atoms with Crippen LogP contribution < -0.4 is 5.32 Å². The molecule has 0 aromatic carbocycles. The van der Waals surface area contributed by atoms with Crippen molar-refractivity contribution in [1.82, 2.24) is 19.9 Å². The molecule has 1 aliphatic rings. The summed E-state index contributed by atoms with van der Waals surface area (Å²) in [5, 5.41) is 3.13. The molecule has 0 bridgehead atoms. The summed E-state index contributed by atoms with van der Waals surface area (Å²) < 4.78 is 1.12. The van der Waals surface area contributed by atoms with Crippen LogP contribution in [0.15, 0.2) is 18.6 Å². The highest BCUT2D eigenvalue weighted by atomic mass is 127. The lowest BCUT2D eigenvalue weighted by Crippen LogP contribution is -2.05. The maximum atomic E-state index is 4.66. The van der Waals surface area contributed by atoms with Gasteiger partial charge in [-0.1, -0.05) is 0 Å². The van der Waals surface area contributed by atoms with Gasteiger partial charge in [0, 0.05) is 19.2 Å². The van der Waals surface area contributed by atoms with Crippen molar-refractivity contribution in [2.45, 2.75) is 18.8 Å². The molecule has 1 aliphatic carbocycles. The van der Waals surface area contributed by atoms with Crippen LogP contribution >= 0.6 is 22.6 Å². The van der Waals surface area contributed by atoms with Crippen molar-refractivity contribution >= 4 is 28.4 Å². The van der Waals surface area contributed by atoms with E-state index in [2.05, 4.69) is 47.8 Å². The van der Waals surface area contributed by atoms with Crippen molar-refractivity contribution in [3.63, 3.8) is 0 Å². The van der Waals surface area contributed by atoms with E-state index in [4.69, 9.17) is 0 Å². The van der Waals surface area contributed by atoms with E-state index >= 15 is 0 Å². The molecule has 92 valence electrons. The van der Waals surface area contributed by atoms with Crippen molar-refractivity contribution in [2.24, 2.45) is 0 Å². The molecule has 2 heterocycles. The van der Waals surface area contributed by atoms with Gasteiger partial charge in [-0.15, -0.1) is 0 Å². The second kappa shape index (κ2) is 4.75. The van der Waals surface area contributed by atoms with Gasteiger partial charge in [-0.05, 0) is 41.5 Å². The van der Waals surface area contributed by atoms with E-state index in [1.54, 1.807) is 6.20 Å². The molecular weight excluding hydrogens is 341 g/mol. The van der Waals surface area contributed by atoms with Gasteiger partial charge in [-0.25, -0.2) is 19.9 Å². The van der Waals surface area contributed by atoms with Gasteiger partial charge in [-0.3, -0.25) is 0 Å². The lowest BCUT2D eigenvalue weighted by molar-refractivity contribution is 0.970. The highest BCUT2D eigenvalue weighted by molar-refractivity contribution is 14.1. The third-order valence-corrected chi connectivity index (χ3v) is 3.95. The number of hydrogen-bond donors (Lipinski definition) is 1. The molecule has 0 aliphatic heterocycles. The third-order valence-electron chi connectivity index (χ3n) is 2.89. The van der Waals surface area contributed by atoms with Gasteiger partial charge in [0.1, 0.15) is 17.8 Å². The van der Waals surface area contributed by atoms with E-state index in [-0.39, 0.29) is 0 Å². The number of anilines is 1. The van der Waals surface area contributed by atoms with E-state index in [9.17, 15) is 0 Å². The van der Waals surface area contributed by atoms with Gasteiger partial charge in [0.25, 0.3) is 0 Å². The Morgan fingerprint density at radius 2 is 2.17 bits per heavy atom. The largest absolute Gasteiger partial charge is 0.372 e. The normalized spacial score (nSPS) is 14.6. The molecule has 0 saturated heterocycles. The van der Waals surface area contributed by atoms with E-state index in [1.165, 1.54) is 19.2 Å². The van der Waals surface area contributed by atoms with Gasteiger partial charge in [0.2, 0.25) is 0 Å². The molecule has 5 nitrogen and oxygen atoms in total. The number of nitrogens with one attached hydrogen (secondary N) is 1. The average molecular weight is 353 g/mol.